The van der Waals surface area contributed by atoms with Gasteiger partial charge in [0, 0.05) is 57.2 Å². The van der Waals surface area contributed by atoms with Crippen molar-refractivity contribution in [2.45, 2.75) is 32.2 Å². The standard InChI is InChI=1S/C26H33N5O3S/c27-19-22-5-7-23(8-6-22)20-29-13-4-16-31(18-17-29)26(32)21-35(33,34)28-24-9-11-25(12-10-24)30-14-2-1-3-15-30/h5-12,28H,1-4,13-18,20-21H2. The number of carbonyl (C=O) groups is 1. The first-order valence-corrected chi connectivity index (χ1v) is 13.9. The molecule has 2 aromatic rings. The summed E-state index contributed by atoms with van der Waals surface area (Å²) >= 11 is 0. The molecule has 0 spiro atoms. The molecule has 9 heteroatoms. The zero-order valence-electron chi connectivity index (χ0n) is 20.0. The van der Waals surface area contributed by atoms with Crippen molar-refractivity contribution >= 4 is 27.3 Å². The molecule has 1 amide bonds. The molecule has 0 saturated carbocycles. The van der Waals surface area contributed by atoms with Crippen LogP contribution >= 0.6 is 0 Å². The Hall–Kier alpha value is -3.09. The van der Waals surface area contributed by atoms with E-state index in [0.717, 1.165) is 43.9 Å². The molecule has 0 aliphatic carbocycles. The molecule has 0 unspecified atom stereocenters. The minimum Gasteiger partial charge on any atom is -0.372 e. The molecule has 8 nitrogen and oxygen atoms in total. The van der Waals surface area contributed by atoms with E-state index in [1.807, 2.05) is 36.4 Å². The Morgan fingerprint density at radius 3 is 2.26 bits per heavy atom. The summed E-state index contributed by atoms with van der Waals surface area (Å²) in [5.74, 6) is -0.932. The minimum atomic E-state index is -3.80. The molecule has 4 rings (SSSR count). The van der Waals surface area contributed by atoms with Crippen molar-refractivity contribution in [3.63, 3.8) is 0 Å². The molecular formula is C26H33N5O3S. The third kappa shape index (κ3) is 7.20. The number of carbonyl (C=O) groups excluding carboxylic acids is 1. The molecule has 2 aliphatic heterocycles. The Morgan fingerprint density at radius 1 is 0.857 bits per heavy atom. The summed E-state index contributed by atoms with van der Waals surface area (Å²) in [6.45, 7) is 5.34. The number of nitrogens with one attached hydrogen (secondary N) is 1. The van der Waals surface area contributed by atoms with Crippen LogP contribution in [0.5, 0.6) is 0 Å². The van der Waals surface area contributed by atoms with Gasteiger partial charge in [-0.3, -0.25) is 14.4 Å². The normalized spacial score (nSPS) is 17.5. The number of sulfonamides is 1. The summed E-state index contributed by atoms with van der Waals surface area (Å²) in [6.07, 6.45) is 4.41. The molecular weight excluding hydrogens is 462 g/mol. The predicted octanol–water partition coefficient (Wildman–Crippen LogP) is 3.02. The maximum atomic E-state index is 12.8. The Morgan fingerprint density at radius 2 is 1.57 bits per heavy atom. The van der Waals surface area contributed by atoms with Gasteiger partial charge in [-0.1, -0.05) is 12.1 Å². The van der Waals surface area contributed by atoms with Crippen molar-refractivity contribution in [3.05, 3.63) is 59.7 Å². The van der Waals surface area contributed by atoms with Crippen molar-refractivity contribution in [1.82, 2.24) is 9.80 Å². The van der Waals surface area contributed by atoms with Gasteiger partial charge in [-0.15, -0.1) is 0 Å². The number of anilines is 2. The zero-order valence-corrected chi connectivity index (χ0v) is 20.8. The molecule has 2 saturated heterocycles. The number of hydrogen-bond donors (Lipinski definition) is 1. The van der Waals surface area contributed by atoms with Gasteiger partial charge in [0.25, 0.3) is 0 Å². The van der Waals surface area contributed by atoms with E-state index >= 15 is 0 Å². The van der Waals surface area contributed by atoms with E-state index in [0.29, 0.717) is 30.9 Å². The van der Waals surface area contributed by atoms with E-state index < -0.39 is 15.8 Å². The molecule has 2 fully saturated rings. The van der Waals surface area contributed by atoms with Crippen LogP contribution in [0, 0.1) is 11.3 Å². The largest absolute Gasteiger partial charge is 0.372 e. The van der Waals surface area contributed by atoms with E-state index in [1.54, 1.807) is 17.0 Å². The van der Waals surface area contributed by atoms with Crippen LogP contribution in [-0.4, -0.2) is 69.1 Å². The highest BCUT2D eigenvalue weighted by atomic mass is 32.2. The second-order valence-electron chi connectivity index (χ2n) is 9.27. The maximum absolute atomic E-state index is 12.8. The Balaban J connectivity index is 1.27. The molecule has 0 aromatic heterocycles. The number of piperidine rings is 1. The summed E-state index contributed by atoms with van der Waals surface area (Å²) in [7, 11) is -3.80. The first kappa shape index (κ1) is 25.0. The van der Waals surface area contributed by atoms with Crippen LogP contribution in [0.4, 0.5) is 11.4 Å². The SMILES string of the molecule is N#Cc1ccc(CN2CCCN(C(=O)CS(=O)(=O)Nc3ccc(N4CCCCC4)cc3)CC2)cc1. The van der Waals surface area contributed by atoms with E-state index in [-0.39, 0.29) is 5.91 Å². The summed E-state index contributed by atoms with van der Waals surface area (Å²) < 4.78 is 27.9. The lowest BCUT2D eigenvalue weighted by molar-refractivity contribution is -0.128. The number of amides is 1. The number of nitriles is 1. The molecule has 0 atom stereocenters. The molecule has 1 N–H and O–H groups in total. The zero-order chi connectivity index (χ0) is 24.7. The fourth-order valence-electron chi connectivity index (χ4n) is 4.68. The predicted molar refractivity (Wildman–Crippen MR) is 138 cm³/mol. The van der Waals surface area contributed by atoms with Crippen LogP contribution in [-0.2, 0) is 21.4 Å². The van der Waals surface area contributed by atoms with Crippen molar-refractivity contribution in [1.29, 1.82) is 5.26 Å². The van der Waals surface area contributed by atoms with Crippen molar-refractivity contribution in [3.8, 4) is 6.07 Å². The fourth-order valence-corrected chi connectivity index (χ4v) is 5.76. The molecule has 186 valence electrons. The first-order valence-electron chi connectivity index (χ1n) is 12.3. The Labute approximate surface area is 208 Å². The number of nitrogens with zero attached hydrogens (tertiary/aromatic N) is 4. The highest BCUT2D eigenvalue weighted by Gasteiger charge is 2.24. The third-order valence-electron chi connectivity index (χ3n) is 6.61. The first-order chi connectivity index (χ1) is 16.9. The van der Waals surface area contributed by atoms with E-state index in [9.17, 15) is 13.2 Å². The summed E-state index contributed by atoms with van der Waals surface area (Å²) in [6, 6.07) is 17.0. The van der Waals surface area contributed by atoms with Crippen LogP contribution in [0.25, 0.3) is 0 Å². The lowest BCUT2D eigenvalue weighted by Gasteiger charge is -2.28. The topological polar surface area (TPSA) is 96.7 Å². The van der Waals surface area contributed by atoms with Crippen molar-refractivity contribution in [2.75, 3.05) is 54.6 Å². The third-order valence-corrected chi connectivity index (χ3v) is 7.78. The second-order valence-corrected chi connectivity index (χ2v) is 11.0. The van der Waals surface area contributed by atoms with Gasteiger partial charge in [0.15, 0.2) is 0 Å². The number of hydrogen-bond acceptors (Lipinski definition) is 6. The molecule has 2 aliphatic rings. The van der Waals surface area contributed by atoms with Gasteiger partial charge >= 0.3 is 0 Å². The molecule has 0 bridgehead atoms. The molecule has 2 heterocycles. The maximum Gasteiger partial charge on any atom is 0.241 e. The van der Waals surface area contributed by atoms with Gasteiger partial charge in [-0.2, -0.15) is 5.26 Å². The van der Waals surface area contributed by atoms with Gasteiger partial charge in [0.05, 0.1) is 11.6 Å². The van der Waals surface area contributed by atoms with E-state index in [4.69, 9.17) is 5.26 Å². The van der Waals surface area contributed by atoms with Gasteiger partial charge < -0.3 is 9.80 Å². The van der Waals surface area contributed by atoms with Crippen LogP contribution in [0.2, 0.25) is 0 Å². The number of rotatable bonds is 7. The number of benzene rings is 2. The highest BCUT2D eigenvalue weighted by molar-refractivity contribution is 7.93. The van der Waals surface area contributed by atoms with Gasteiger partial charge in [0.1, 0.15) is 5.75 Å². The van der Waals surface area contributed by atoms with Gasteiger partial charge in [0.2, 0.25) is 15.9 Å². The second kappa shape index (κ2) is 11.6. The van der Waals surface area contributed by atoms with Crippen molar-refractivity contribution in [2.24, 2.45) is 0 Å². The average molecular weight is 496 g/mol. The van der Waals surface area contributed by atoms with Crippen LogP contribution < -0.4 is 9.62 Å². The van der Waals surface area contributed by atoms with Crippen molar-refractivity contribution < 1.29 is 13.2 Å². The lowest BCUT2D eigenvalue weighted by atomic mass is 10.1. The van der Waals surface area contributed by atoms with Gasteiger partial charge in [-0.25, -0.2) is 8.42 Å². The lowest BCUT2D eigenvalue weighted by Crippen LogP contribution is -2.39. The van der Waals surface area contributed by atoms with Crippen LogP contribution in [0.15, 0.2) is 48.5 Å². The fraction of sp³-hybridized carbons (Fsp3) is 0.462. The molecule has 35 heavy (non-hydrogen) atoms. The monoisotopic (exact) mass is 495 g/mol. The summed E-state index contributed by atoms with van der Waals surface area (Å²) in [5.41, 5.74) is 3.32. The van der Waals surface area contributed by atoms with E-state index in [2.05, 4.69) is 20.6 Å². The quantitative estimate of drug-likeness (QED) is 0.634. The van der Waals surface area contributed by atoms with Crippen LogP contribution in [0.1, 0.15) is 36.8 Å². The van der Waals surface area contributed by atoms with Gasteiger partial charge in [-0.05, 0) is 67.6 Å². The molecule has 2 aromatic carbocycles. The summed E-state index contributed by atoms with van der Waals surface area (Å²) in [4.78, 5) is 19.0. The Kier molecular flexibility index (Phi) is 8.26. The molecule has 0 radical (unpaired) electrons. The van der Waals surface area contributed by atoms with E-state index in [1.165, 1.54) is 19.3 Å². The Bertz CT molecular complexity index is 1140. The minimum absolute atomic E-state index is 0.373. The van der Waals surface area contributed by atoms with Crippen LogP contribution in [0.3, 0.4) is 0 Å². The highest BCUT2D eigenvalue weighted by Crippen LogP contribution is 2.22. The smallest absolute Gasteiger partial charge is 0.241 e. The summed E-state index contributed by atoms with van der Waals surface area (Å²) in [5, 5.41) is 8.94. The average Bonchev–Trinajstić information content (AvgIpc) is 3.11.